The maximum atomic E-state index is 10.1. The second kappa shape index (κ2) is 3.81. The summed E-state index contributed by atoms with van der Waals surface area (Å²) >= 11 is 0. The fraction of sp³-hybridized carbons (Fsp3) is 0.538. The van der Waals surface area contributed by atoms with E-state index in [0.29, 0.717) is 24.7 Å². The molecule has 0 radical (unpaired) electrons. The zero-order valence-electron chi connectivity index (χ0n) is 9.74. The normalized spacial score (nSPS) is 21.5. The van der Waals surface area contributed by atoms with Crippen molar-refractivity contribution in [2.24, 2.45) is 5.73 Å². The van der Waals surface area contributed by atoms with Crippen LogP contribution in [0.3, 0.4) is 0 Å². The minimum atomic E-state index is -0.403. The highest BCUT2D eigenvalue weighted by molar-refractivity contribution is 5.53. The molecular formula is C13H17NO3. The maximum Gasteiger partial charge on any atom is 0.165 e. The van der Waals surface area contributed by atoms with Gasteiger partial charge in [0.1, 0.15) is 19.0 Å². The second-order valence-corrected chi connectivity index (χ2v) is 4.88. The van der Waals surface area contributed by atoms with Crippen LogP contribution < -0.4 is 15.2 Å². The minimum absolute atomic E-state index is 0.221. The molecule has 0 atom stereocenters. The Hall–Kier alpha value is -1.42. The molecule has 1 aliphatic carbocycles. The van der Waals surface area contributed by atoms with E-state index in [9.17, 15) is 5.11 Å². The lowest BCUT2D eigenvalue weighted by Crippen LogP contribution is -2.33. The Labute approximate surface area is 100 Å². The van der Waals surface area contributed by atoms with Crippen LogP contribution in [0.2, 0.25) is 0 Å². The van der Waals surface area contributed by atoms with Crippen LogP contribution >= 0.6 is 0 Å². The first kappa shape index (κ1) is 10.7. The van der Waals surface area contributed by atoms with E-state index in [1.807, 2.05) is 6.07 Å². The summed E-state index contributed by atoms with van der Waals surface area (Å²) in [6.45, 7) is 1.08. The number of fused-ring (bicyclic) bond motifs is 1. The number of phenolic OH excluding ortho intramolecular Hbond substituents is 1. The van der Waals surface area contributed by atoms with Crippen molar-refractivity contribution in [2.45, 2.75) is 31.2 Å². The van der Waals surface area contributed by atoms with Crippen molar-refractivity contribution in [2.75, 3.05) is 13.2 Å². The molecule has 0 unspecified atom stereocenters. The van der Waals surface area contributed by atoms with Crippen LogP contribution in [0.1, 0.15) is 31.2 Å². The first-order chi connectivity index (χ1) is 8.19. The van der Waals surface area contributed by atoms with Gasteiger partial charge in [0.2, 0.25) is 0 Å². The van der Waals surface area contributed by atoms with Gasteiger partial charge in [0.25, 0.3) is 0 Å². The van der Waals surface area contributed by atoms with Crippen molar-refractivity contribution in [3.8, 4) is 17.2 Å². The standard InChI is InChI=1S/C13H17NO3/c14-13(3-1-2-4-13)9-7-11-12(8-10(9)15)17-6-5-16-11/h7-8,15H,1-6,14H2. The number of hydrogen-bond donors (Lipinski definition) is 2. The Bertz CT molecular complexity index is 439. The smallest absolute Gasteiger partial charge is 0.165 e. The zero-order chi connectivity index (χ0) is 11.9. The number of ether oxygens (including phenoxy) is 2. The van der Waals surface area contributed by atoms with Gasteiger partial charge >= 0.3 is 0 Å². The Morgan fingerprint density at radius 3 is 2.29 bits per heavy atom. The molecule has 0 saturated heterocycles. The third-order valence-electron chi connectivity index (χ3n) is 3.69. The molecule has 1 aromatic rings. The van der Waals surface area contributed by atoms with Crippen molar-refractivity contribution >= 4 is 0 Å². The van der Waals surface area contributed by atoms with Gasteiger partial charge in [0, 0.05) is 17.2 Å². The number of aromatic hydroxyl groups is 1. The molecule has 1 fully saturated rings. The van der Waals surface area contributed by atoms with Crippen molar-refractivity contribution in [1.29, 1.82) is 0 Å². The highest BCUT2D eigenvalue weighted by atomic mass is 16.6. The Balaban J connectivity index is 2.04. The van der Waals surface area contributed by atoms with Gasteiger partial charge in [-0.25, -0.2) is 0 Å². The number of hydrogen-bond acceptors (Lipinski definition) is 4. The number of nitrogens with two attached hydrogens (primary N) is 1. The minimum Gasteiger partial charge on any atom is -0.507 e. The Morgan fingerprint density at radius 1 is 1.06 bits per heavy atom. The van der Waals surface area contributed by atoms with E-state index in [1.165, 1.54) is 0 Å². The van der Waals surface area contributed by atoms with Gasteiger partial charge in [-0.3, -0.25) is 0 Å². The summed E-state index contributed by atoms with van der Waals surface area (Å²) < 4.78 is 11.0. The molecular weight excluding hydrogens is 218 g/mol. The SMILES string of the molecule is NC1(c2cc3c(cc2O)OCCO3)CCCC1. The summed E-state index contributed by atoms with van der Waals surface area (Å²) in [6, 6.07) is 3.46. The molecule has 0 bridgehead atoms. The van der Waals surface area contributed by atoms with E-state index in [2.05, 4.69) is 0 Å². The molecule has 2 aliphatic rings. The van der Waals surface area contributed by atoms with Crippen molar-refractivity contribution < 1.29 is 14.6 Å². The number of benzene rings is 1. The molecule has 1 aliphatic heterocycles. The van der Waals surface area contributed by atoms with Crippen LogP contribution in [0.25, 0.3) is 0 Å². The third kappa shape index (κ3) is 1.72. The Kier molecular flexibility index (Phi) is 2.40. The third-order valence-corrected chi connectivity index (χ3v) is 3.69. The highest BCUT2D eigenvalue weighted by Crippen LogP contribution is 2.45. The maximum absolute atomic E-state index is 10.1. The quantitative estimate of drug-likeness (QED) is 0.780. The van der Waals surface area contributed by atoms with Crippen molar-refractivity contribution in [3.63, 3.8) is 0 Å². The molecule has 4 heteroatoms. The number of rotatable bonds is 1. The first-order valence-electron chi connectivity index (χ1n) is 6.11. The predicted octanol–water partition coefficient (Wildman–Crippen LogP) is 1.89. The average molecular weight is 235 g/mol. The van der Waals surface area contributed by atoms with Crippen LogP contribution in [-0.4, -0.2) is 18.3 Å². The molecule has 0 spiro atoms. The summed E-state index contributed by atoms with van der Waals surface area (Å²) in [5.74, 6) is 1.53. The Morgan fingerprint density at radius 2 is 1.65 bits per heavy atom. The van der Waals surface area contributed by atoms with Gasteiger partial charge in [-0.1, -0.05) is 12.8 Å². The van der Waals surface area contributed by atoms with E-state index in [0.717, 1.165) is 31.2 Å². The fourth-order valence-corrected chi connectivity index (χ4v) is 2.75. The van der Waals surface area contributed by atoms with E-state index >= 15 is 0 Å². The molecule has 17 heavy (non-hydrogen) atoms. The lowest BCUT2D eigenvalue weighted by atomic mass is 9.88. The molecule has 0 amide bonds. The molecule has 1 saturated carbocycles. The van der Waals surface area contributed by atoms with E-state index in [4.69, 9.17) is 15.2 Å². The van der Waals surface area contributed by atoms with Crippen LogP contribution in [0, 0.1) is 0 Å². The van der Waals surface area contributed by atoms with Gasteiger partial charge in [-0.15, -0.1) is 0 Å². The summed E-state index contributed by atoms with van der Waals surface area (Å²) in [5, 5.41) is 10.1. The number of phenols is 1. The van der Waals surface area contributed by atoms with Gasteiger partial charge in [0.05, 0.1) is 0 Å². The average Bonchev–Trinajstić information content (AvgIpc) is 2.76. The lowest BCUT2D eigenvalue weighted by Gasteiger charge is -2.27. The van der Waals surface area contributed by atoms with Gasteiger partial charge in [-0.2, -0.15) is 0 Å². The van der Waals surface area contributed by atoms with Gasteiger partial charge in [0.15, 0.2) is 11.5 Å². The van der Waals surface area contributed by atoms with E-state index in [-0.39, 0.29) is 5.75 Å². The van der Waals surface area contributed by atoms with Crippen LogP contribution in [0.5, 0.6) is 17.2 Å². The largest absolute Gasteiger partial charge is 0.507 e. The molecule has 1 heterocycles. The highest BCUT2D eigenvalue weighted by Gasteiger charge is 2.34. The summed E-state index contributed by atoms with van der Waals surface area (Å²) in [7, 11) is 0. The molecule has 3 N–H and O–H groups in total. The topological polar surface area (TPSA) is 64.7 Å². The fourth-order valence-electron chi connectivity index (χ4n) is 2.75. The summed E-state index contributed by atoms with van der Waals surface area (Å²) in [5.41, 5.74) is 6.75. The zero-order valence-corrected chi connectivity index (χ0v) is 9.74. The van der Waals surface area contributed by atoms with Crippen molar-refractivity contribution in [1.82, 2.24) is 0 Å². The van der Waals surface area contributed by atoms with Gasteiger partial charge in [-0.05, 0) is 18.9 Å². The van der Waals surface area contributed by atoms with Gasteiger partial charge < -0.3 is 20.3 Å². The summed E-state index contributed by atoms with van der Waals surface area (Å²) in [6.07, 6.45) is 4.06. The van der Waals surface area contributed by atoms with E-state index in [1.54, 1.807) is 6.07 Å². The lowest BCUT2D eigenvalue weighted by molar-refractivity contribution is 0.170. The molecule has 3 rings (SSSR count). The molecule has 92 valence electrons. The molecule has 4 nitrogen and oxygen atoms in total. The van der Waals surface area contributed by atoms with Crippen LogP contribution in [0.15, 0.2) is 12.1 Å². The van der Waals surface area contributed by atoms with Crippen LogP contribution in [-0.2, 0) is 5.54 Å². The second-order valence-electron chi connectivity index (χ2n) is 4.88. The molecule has 1 aromatic carbocycles. The molecule has 0 aromatic heterocycles. The summed E-state index contributed by atoms with van der Waals surface area (Å²) in [4.78, 5) is 0. The first-order valence-corrected chi connectivity index (χ1v) is 6.11. The van der Waals surface area contributed by atoms with Crippen LogP contribution in [0.4, 0.5) is 0 Å². The van der Waals surface area contributed by atoms with E-state index < -0.39 is 5.54 Å². The predicted molar refractivity (Wildman–Crippen MR) is 63.4 cm³/mol. The monoisotopic (exact) mass is 235 g/mol. The van der Waals surface area contributed by atoms with Crippen molar-refractivity contribution in [3.05, 3.63) is 17.7 Å².